The molecule has 0 aromatic carbocycles. The zero-order valence-electron chi connectivity index (χ0n) is 20.8. The van der Waals surface area contributed by atoms with E-state index in [1.807, 2.05) is 6.08 Å². The van der Waals surface area contributed by atoms with Crippen molar-refractivity contribution < 1.29 is 33.1 Å². The van der Waals surface area contributed by atoms with Gasteiger partial charge < -0.3 is 20.5 Å². The predicted molar refractivity (Wildman–Crippen MR) is 136 cm³/mol. The maximum absolute atomic E-state index is 11.7. The number of nitrogens with two attached hydrogens (primary N) is 1. The lowest BCUT2D eigenvalue weighted by Gasteiger charge is -2.15. The molecule has 0 amide bonds. The minimum atomic E-state index is -4.25. The van der Waals surface area contributed by atoms with E-state index in [4.69, 9.17) is 10.5 Å². The summed E-state index contributed by atoms with van der Waals surface area (Å²) in [5.41, 5.74) is 5.16. The fourth-order valence-electron chi connectivity index (χ4n) is 2.88. The first-order valence-electron chi connectivity index (χ1n) is 12.5. The molecule has 9 heteroatoms. The molecule has 0 radical (unpaired) electrons. The quantitative estimate of drug-likeness (QED) is 0.0736. The number of aliphatic hydroxyl groups is 1. The lowest BCUT2D eigenvalue weighted by atomic mass is 10.1. The molecule has 2 atom stereocenters. The zero-order chi connectivity index (χ0) is 25.3. The number of phosphoric acid groups is 1. The van der Waals surface area contributed by atoms with Gasteiger partial charge in [-0.1, -0.05) is 75.5 Å². The number of hydrogen-bond donors (Lipinski definition) is 3. The number of phosphoric ester groups is 1. The number of rotatable bonds is 23. The average Bonchev–Trinajstić information content (AvgIpc) is 2.82. The van der Waals surface area contributed by atoms with Crippen LogP contribution in [0.1, 0.15) is 84.0 Å². The van der Waals surface area contributed by atoms with Crippen LogP contribution in [0.2, 0.25) is 0 Å². The van der Waals surface area contributed by atoms with Gasteiger partial charge in [0.05, 0.1) is 13.2 Å². The third kappa shape index (κ3) is 23.9. The molecule has 0 aliphatic heterocycles. The van der Waals surface area contributed by atoms with Gasteiger partial charge in [-0.25, -0.2) is 4.57 Å². The summed E-state index contributed by atoms with van der Waals surface area (Å²) in [6.45, 7) is 1.36. The Labute approximate surface area is 205 Å². The van der Waals surface area contributed by atoms with Crippen molar-refractivity contribution in [2.45, 2.75) is 90.1 Å². The van der Waals surface area contributed by atoms with E-state index < -0.39 is 26.5 Å². The molecule has 4 N–H and O–H groups in total. The normalized spacial score (nSPS) is 14.8. The summed E-state index contributed by atoms with van der Waals surface area (Å²) in [5, 5.41) is 9.67. The van der Waals surface area contributed by atoms with Crippen molar-refractivity contribution in [3.05, 3.63) is 36.5 Å². The highest BCUT2D eigenvalue weighted by molar-refractivity contribution is 7.47. The lowest BCUT2D eigenvalue weighted by molar-refractivity contribution is -0.147. The van der Waals surface area contributed by atoms with Gasteiger partial charge in [0, 0.05) is 13.0 Å². The van der Waals surface area contributed by atoms with Crippen molar-refractivity contribution in [1.82, 2.24) is 0 Å². The molecule has 0 saturated carbocycles. The van der Waals surface area contributed by atoms with E-state index in [-0.39, 0.29) is 26.2 Å². The Morgan fingerprint density at radius 1 is 0.882 bits per heavy atom. The minimum Gasteiger partial charge on any atom is -0.463 e. The van der Waals surface area contributed by atoms with Crippen molar-refractivity contribution in [2.75, 3.05) is 26.4 Å². The monoisotopic (exact) mass is 503 g/mol. The van der Waals surface area contributed by atoms with E-state index in [0.717, 1.165) is 19.3 Å². The Hall–Kier alpha value is -1.28. The SMILES string of the molecule is CCCCCCCCC=CCC=CCC=CCCCC(=O)OC[C@@H](O)COP(=O)(O)OCCN. The number of hydrogen-bond acceptors (Lipinski definition) is 7. The highest BCUT2D eigenvalue weighted by atomic mass is 31.2. The van der Waals surface area contributed by atoms with Gasteiger partial charge in [-0.05, 0) is 38.5 Å². The largest absolute Gasteiger partial charge is 0.472 e. The standard InChI is InChI=1S/C25H46NO7P/c1-2-3-4-5-6-7-8-9-10-11-12-13-14-15-16-17-18-19-25(28)31-22-24(27)23-33-34(29,30)32-21-20-26/h9-10,12-13,15-16,24,27H,2-8,11,14,17-23,26H2,1H3,(H,29,30)/t24-/m1/s1. The van der Waals surface area contributed by atoms with E-state index in [1.165, 1.54) is 44.9 Å². The first kappa shape index (κ1) is 32.7. The van der Waals surface area contributed by atoms with Crippen molar-refractivity contribution in [1.29, 1.82) is 0 Å². The van der Waals surface area contributed by atoms with Crippen LogP contribution in [0, 0.1) is 0 Å². The fraction of sp³-hybridized carbons (Fsp3) is 0.720. The summed E-state index contributed by atoms with van der Waals surface area (Å²) in [6, 6.07) is 0. The maximum Gasteiger partial charge on any atom is 0.472 e. The predicted octanol–water partition coefficient (Wildman–Crippen LogP) is 5.35. The van der Waals surface area contributed by atoms with Gasteiger partial charge in [-0.3, -0.25) is 13.8 Å². The van der Waals surface area contributed by atoms with Crippen molar-refractivity contribution in [2.24, 2.45) is 5.73 Å². The topological polar surface area (TPSA) is 128 Å². The smallest absolute Gasteiger partial charge is 0.463 e. The summed E-state index contributed by atoms with van der Waals surface area (Å²) in [5.74, 6) is -0.438. The summed E-state index contributed by atoms with van der Waals surface area (Å²) in [6.07, 6.45) is 24.3. The number of esters is 1. The molecular weight excluding hydrogens is 457 g/mol. The summed E-state index contributed by atoms with van der Waals surface area (Å²) in [7, 11) is -4.25. The molecule has 198 valence electrons. The van der Waals surface area contributed by atoms with Gasteiger partial charge in [0.1, 0.15) is 12.7 Å². The molecule has 0 aromatic rings. The Bertz CT molecular complexity index is 622. The van der Waals surface area contributed by atoms with Crippen molar-refractivity contribution in [3.63, 3.8) is 0 Å². The van der Waals surface area contributed by atoms with E-state index >= 15 is 0 Å². The lowest BCUT2D eigenvalue weighted by Crippen LogP contribution is -2.23. The minimum absolute atomic E-state index is 0.0664. The molecular formula is C25H46NO7P. The Kier molecular flexibility index (Phi) is 22.6. The third-order valence-electron chi connectivity index (χ3n) is 4.76. The molecule has 34 heavy (non-hydrogen) atoms. The van der Waals surface area contributed by atoms with Crippen LogP contribution in [-0.2, 0) is 23.1 Å². The van der Waals surface area contributed by atoms with Crippen LogP contribution >= 0.6 is 7.82 Å². The van der Waals surface area contributed by atoms with Crippen LogP contribution in [0.25, 0.3) is 0 Å². The van der Waals surface area contributed by atoms with E-state index in [2.05, 4.69) is 46.4 Å². The number of ether oxygens (including phenoxy) is 1. The number of carbonyl (C=O) groups is 1. The molecule has 0 saturated heterocycles. The van der Waals surface area contributed by atoms with E-state index in [0.29, 0.717) is 6.42 Å². The Balaban J connectivity index is 3.63. The molecule has 0 aromatic heterocycles. The third-order valence-corrected chi connectivity index (χ3v) is 5.74. The maximum atomic E-state index is 11.7. The highest BCUT2D eigenvalue weighted by Crippen LogP contribution is 2.42. The van der Waals surface area contributed by atoms with Gasteiger partial charge in [-0.15, -0.1) is 0 Å². The van der Waals surface area contributed by atoms with E-state index in [9.17, 15) is 19.4 Å². The van der Waals surface area contributed by atoms with Crippen molar-refractivity contribution in [3.8, 4) is 0 Å². The molecule has 0 heterocycles. The molecule has 0 rings (SSSR count). The van der Waals surface area contributed by atoms with Crippen LogP contribution in [0.15, 0.2) is 36.5 Å². The first-order valence-corrected chi connectivity index (χ1v) is 14.0. The summed E-state index contributed by atoms with van der Waals surface area (Å²) < 4.78 is 25.5. The molecule has 1 unspecified atom stereocenters. The Morgan fingerprint density at radius 3 is 2.12 bits per heavy atom. The fourth-order valence-corrected chi connectivity index (χ4v) is 3.65. The second kappa shape index (κ2) is 23.5. The van der Waals surface area contributed by atoms with Gasteiger partial charge >= 0.3 is 13.8 Å². The molecule has 0 aliphatic rings. The number of allylic oxidation sites excluding steroid dienone is 6. The van der Waals surface area contributed by atoms with Crippen LogP contribution in [-0.4, -0.2) is 48.4 Å². The van der Waals surface area contributed by atoms with Gasteiger partial charge in [0.15, 0.2) is 0 Å². The van der Waals surface area contributed by atoms with Gasteiger partial charge in [-0.2, -0.15) is 0 Å². The molecule has 0 fully saturated rings. The number of unbranched alkanes of at least 4 members (excludes halogenated alkanes) is 7. The molecule has 8 nitrogen and oxygen atoms in total. The van der Waals surface area contributed by atoms with Gasteiger partial charge in [0.25, 0.3) is 0 Å². The highest BCUT2D eigenvalue weighted by Gasteiger charge is 2.22. The first-order chi connectivity index (χ1) is 16.4. The molecule has 0 spiro atoms. The molecule has 0 aliphatic carbocycles. The second-order valence-electron chi connectivity index (χ2n) is 8.06. The summed E-state index contributed by atoms with van der Waals surface area (Å²) in [4.78, 5) is 21.0. The average molecular weight is 504 g/mol. The zero-order valence-corrected chi connectivity index (χ0v) is 21.7. The van der Waals surface area contributed by atoms with Crippen LogP contribution in [0.4, 0.5) is 0 Å². The van der Waals surface area contributed by atoms with Gasteiger partial charge in [0.2, 0.25) is 0 Å². The number of aliphatic hydroxyl groups excluding tert-OH is 1. The van der Waals surface area contributed by atoms with E-state index in [1.54, 1.807) is 0 Å². The Morgan fingerprint density at radius 2 is 1.47 bits per heavy atom. The van der Waals surface area contributed by atoms with Crippen LogP contribution < -0.4 is 5.73 Å². The second-order valence-corrected chi connectivity index (χ2v) is 9.51. The van der Waals surface area contributed by atoms with Crippen molar-refractivity contribution >= 4 is 13.8 Å². The molecule has 0 bridgehead atoms. The van der Waals surface area contributed by atoms with Crippen LogP contribution in [0.5, 0.6) is 0 Å². The number of carbonyl (C=O) groups excluding carboxylic acids is 1. The summed E-state index contributed by atoms with van der Waals surface area (Å²) >= 11 is 0. The van der Waals surface area contributed by atoms with Crippen LogP contribution in [0.3, 0.4) is 0 Å².